The molecule has 1 saturated heterocycles. The predicted octanol–water partition coefficient (Wildman–Crippen LogP) is -3.70. The van der Waals surface area contributed by atoms with Crippen molar-refractivity contribution in [2.24, 2.45) is 17.2 Å². The molecule has 12 atom stereocenters. The number of ether oxygens (including phenoxy) is 4. The van der Waals surface area contributed by atoms with Crippen molar-refractivity contribution in [1.82, 2.24) is 16.0 Å². The number of likely N-dealkylation sites (N-methyl/N-ethyl adjacent to an activating group) is 2. The lowest BCUT2D eigenvalue weighted by molar-refractivity contribution is -0.304. The molecular formula is C24H46N6O8. The van der Waals surface area contributed by atoms with Crippen LogP contribution in [0.1, 0.15) is 33.6 Å². The van der Waals surface area contributed by atoms with Gasteiger partial charge in [0.15, 0.2) is 6.29 Å². The number of aliphatic hydroxyl groups excluding tert-OH is 2. The Morgan fingerprint density at radius 3 is 2.53 bits per heavy atom. The number of carbonyl (C=O) groups excluding carboxylic acids is 1. The lowest BCUT2D eigenvalue weighted by Crippen LogP contribution is -2.69. The number of carbonyl (C=O) groups is 1. The lowest BCUT2D eigenvalue weighted by Gasteiger charge is -2.49. The van der Waals surface area contributed by atoms with Gasteiger partial charge in [0.05, 0.1) is 31.3 Å². The molecule has 0 bridgehead atoms. The maximum absolute atomic E-state index is 11.8. The average molecular weight is 547 g/mol. The summed E-state index contributed by atoms with van der Waals surface area (Å²) in [4.78, 5) is 11.8. The van der Waals surface area contributed by atoms with Crippen LogP contribution in [0.2, 0.25) is 0 Å². The van der Waals surface area contributed by atoms with Gasteiger partial charge in [-0.25, -0.2) is 0 Å². The highest BCUT2D eigenvalue weighted by Gasteiger charge is 2.51. The summed E-state index contributed by atoms with van der Waals surface area (Å²) in [5.41, 5.74) is 16.9. The van der Waals surface area contributed by atoms with Gasteiger partial charge < -0.3 is 67.4 Å². The van der Waals surface area contributed by atoms with Gasteiger partial charge in [-0.2, -0.15) is 0 Å². The normalized spacial score (nSPS) is 42.6. The summed E-state index contributed by atoms with van der Waals surface area (Å²) in [6.45, 7) is 5.70. The monoisotopic (exact) mass is 546 g/mol. The third kappa shape index (κ3) is 7.20. The van der Waals surface area contributed by atoms with Crippen LogP contribution in [-0.4, -0.2) is 121 Å². The van der Waals surface area contributed by atoms with Crippen LogP contribution in [0.5, 0.6) is 0 Å². The molecule has 3 rings (SSSR count). The van der Waals surface area contributed by atoms with Crippen molar-refractivity contribution >= 4 is 5.91 Å². The van der Waals surface area contributed by atoms with Crippen molar-refractivity contribution in [2.75, 3.05) is 26.7 Å². The minimum atomic E-state index is -1.31. The number of nitrogens with one attached hydrogen (secondary N) is 3. The molecule has 2 fully saturated rings. The lowest BCUT2D eigenvalue weighted by atomic mass is 9.83. The number of hydrogen-bond donors (Lipinski definition) is 9. The summed E-state index contributed by atoms with van der Waals surface area (Å²) in [5.74, 6) is 0.141. The van der Waals surface area contributed by atoms with E-state index in [1.165, 1.54) is 0 Å². The van der Waals surface area contributed by atoms with Crippen molar-refractivity contribution in [2.45, 2.75) is 106 Å². The van der Waals surface area contributed by atoms with E-state index in [1.807, 2.05) is 6.92 Å². The van der Waals surface area contributed by atoms with Crippen molar-refractivity contribution in [3.8, 4) is 0 Å². The number of aliphatic hydroxyl groups is 3. The first-order valence-electron chi connectivity index (χ1n) is 13.2. The molecule has 3 aliphatic rings. The van der Waals surface area contributed by atoms with E-state index in [0.717, 1.165) is 0 Å². The summed E-state index contributed by atoms with van der Waals surface area (Å²) in [6.07, 6.45) is -3.65. The summed E-state index contributed by atoms with van der Waals surface area (Å²) in [7, 11) is 1.63. The molecule has 220 valence electrons. The van der Waals surface area contributed by atoms with E-state index in [-0.39, 0.29) is 25.1 Å². The van der Waals surface area contributed by atoms with Gasteiger partial charge in [0.25, 0.3) is 0 Å². The zero-order valence-electron chi connectivity index (χ0n) is 22.6. The summed E-state index contributed by atoms with van der Waals surface area (Å²) in [6, 6.07) is -2.85. The van der Waals surface area contributed by atoms with Crippen molar-refractivity contribution in [3.05, 3.63) is 11.8 Å². The zero-order chi connectivity index (χ0) is 28.2. The molecule has 2 heterocycles. The molecule has 0 unspecified atom stereocenters. The van der Waals surface area contributed by atoms with Crippen molar-refractivity contribution < 1.29 is 39.1 Å². The molecule has 1 amide bonds. The van der Waals surface area contributed by atoms with Crippen LogP contribution >= 0.6 is 0 Å². The molecule has 0 radical (unpaired) electrons. The molecule has 0 aromatic heterocycles. The number of nitrogens with two attached hydrogens (primary N) is 3. The molecule has 0 spiro atoms. The molecular weight excluding hydrogens is 500 g/mol. The Kier molecular flexibility index (Phi) is 10.9. The second-order valence-electron chi connectivity index (χ2n) is 10.6. The Morgan fingerprint density at radius 2 is 1.89 bits per heavy atom. The number of hydrogen-bond acceptors (Lipinski definition) is 13. The van der Waals surface area contributed by atoms with Crippen molar-refractivity contribution in [3.63, 3.8) is 0 Å². The van der Waals surface area contributed by atoms with E-state index in [1.54, 1.807) is 27.0 Å². The van der Waals surface area contributed by atoms with Gasteiger partial charge in [0.1, 0.15) is 35.8 Å². The van der Waals surface area contributed by atoms with E-state index in [4.69, 9.17) is 36.1 Å². The van der Waals surface area contributed by atoms with E-state index >= 15 is 0 Å². The minimum Gasteiger partial charge on any atom is -0.466 e. The van der Waals surface area contributed by atoms with Crippen LogP contribution in [-0.2, 0) is 23.7 Å². The SMILES string of the molecule is CCN[C@@H]1C[C@H](N)[C@@H](O[C@H]2OC(CNC(=O)[C@@H](C)N)=CC[C@H]2N)[C@H](O)[C@H]1O[C@H]1OC[C@](C)(O)[C@H](NC)[C@H]1O. The molecule has 14 heteroatoms. The molecule has 12 N–H and O–H groups in total. The number of rotatable bonds is 10. The Balaban J connectivity index is 1.70. The van der Waals surface area contributed by atoms with Gasteiger partial charge in [0.2, 0.25) is 12.2 Å². The molecule has 14 nitrogen and oxygen atoms in total. The average Bonchev–Trinajstić information content (AvgIpc) is 2.85. The number of amides is 1. The third-order valence-corrected chi connectivity index (χ3v) is 7.29. The van der Waals surface area contributed by atoms with Crippen LogP contribution in [0.15, 0.2) is 11.8 Å². The molecule has 1 aliphatic carbocycles. The Morgan fingerprint density at radius 1 is 1.21 bits per heavy atom. The predicted molar refractivity (Wildman–Crippen MR) is 137 cm³/mol. The first-order valence-corrected chi connectivity index (χ1v) is 13.2. The van der Waals surface area contributed by atoms with Gasteiger partial charge in [-0.3, -0.25) is 4.79 Å². The smallest absolute Gasteiger partial charge is 0.237 e. The topological polar surface area (TPSA) is 229 Å². The third-order valence-electron chi connectivity index (χ3n) is 7.29. The quantitative estimate of drug-likeness (QED) is 0.129. The molecule has 38 heavy (non-hydrogen) atoms. The fraction of sp³-hybridized carbons (Fsp3) is 0.875. The van der Waals surface area contributed by atoms with Crippen molar-refractivity contribution in [1.29, 1.82) is 0 Å². The van der Waals surface area contributed by atoms with Gasteiger partial charge in [-0.05, 0) is 46.4 Å². The Bertz CT molecular complexity index is 817. The summed E-state index contributed by atoms with van der Waals surface area (Å²) in [5, 5.41) is 41.7. The van der Waals surface area contributed by atoms with E-state index in [2.05, 4.69) is 16.0 Å². The first kappa shape index (κ1) is 31.1. The fourth-order valence-corrected chi connectivity index (χ4v) is 5.17. The molecule has 2 aliphatic heterocycles. The largest absolute Gasteiger partial charge is 0.466 e. The maximum atomic E-state index is 11.8. The molecule has 0 aromatic rings. The van der Waals surface area contributed by atoms with Gasteiger partial charge >= 0.3 is 0 Å². The van der Waals surface area contributed by atoms with Crippen LogP contribution in [0.3, 0.4) is 0 Å². The van der Waals surface area contributed by atoms with E-state index in [0.29, 0.717) is 25.1 Å². The second-order valence-corrected chi connectivity index (χ2v) is 10.6. The van der Waals surface area contributed by atoms with Crippen LogP contribution in [0.25, 0.3) is 0 Å². The van der Waals surface area contributed by atoms with E-state index < -0.39 is 66.8 Å². The first-order chi connectivity index (χ1) is 17.9. The highest BCUT2D eigenvalue weighted by molar-refractivity contribution is 5.81. The molecule has 0 aromatic carbocycles. The van der Waals surface area contributed by atoms with Crippen LogP contribution < -0.4 is 33.2 Å². The second kappa shape index (κ2) is 13.3. The maximum Gasteiger partial charge on any atom is 0.237 e. The summed E-state index contributed by atoms with van der Waals surface area (Å²) >= 11 is 0. The fourth-order valence-electron chi connectivity index (χ4n) is 5.17. The van der Waals surface area contributed by atoms with Gasteiger partial charge in [-0.1, -0.05) is 6.92 Å². The highest BCUT2D eigenvalue weighted by Crippen LogP contribution is 2.32. The molecule has 1 saturated carbocycles. The van der Waals surface area contributed by atoms with Gasteiger partial charge in [-0.15, -0.1) is 0 Å². The van der Waals surface area contributed by atoms with Gasteiger partial charge in [0, 0.05) is 12.1 Å². The Labute approximate surface area is 223 Å². The van der Waals surface area contributed by atoms with Crippen LogP contribution in [0.4, 0.5) is 0 Å². The summed E-state index contributed by atoms with van der Waals surface area (Å²) < 4.78 is 23.8. The highest BCUT2D eigenvalue weighted by atomic mass is 16.7. The van der Waals surface area contributed by atoms with E-state index in [9.17, 15) is 20.1 Å². The minimum absolute atomic E-state index is 0.0757. The standard InChI is InChI=1S/C24H46N6O8/c1-5-29-15-8-14(27)18(37-22-13(26)7-6-12(36-22)9-30-21(33)11(2)25)16(31)19(15)38-23-17(32)20(28-4)24(3,34)10-35-23/h6,11,13-20,22-23,28-29,31-32,34H,5,7-10,25-27H2,1-4H3,(H,30,33)/t11-,13-,14+,15-,16+,17-,18-,19+,20-,22-,23-,24+/m1/s1. The zero-order valence-corrected chi connectivity index (χ0v) is 22.6. The van der Waals surface area contributed by atoms with Crippen LogP contribution in [0, 0.1) is 0 Å². The Hall–Kier alpha value is -1.43.